The first kappa shape index (κ1) is 60.6. The Bertz CT molecular complexity index is 2680. The highest BCUT2D eigenvalue weighted by Gasteiger charge is 2.61. The Hall–Kier alpha value is -6.45. The van der Waals surface area contributed by atoms with E-state index in [1.807, 2.05) is 120 Å². The van der Waals surface area contributed by atoms with Crippen molar-refractivity contribution in [3.8, 4) is 0 Å². The molecule has 0 saturated carbocycles. The molecular formula is C61H79NO19. The summed E-state index contributed by atoms with van der Waals surface area (Å²) >= 11 is 0. The number of amides is 1. The van der Waals surface area contributed by atoms with Gasteiger partial charge in [-0.2, -0.15) is 0 Å². The van der Waals surface area contributed by atoms with E-state index in [4.69, 9.17) is 66.3 Å². The molecule has 3 aromatic rings. The number of fused-ring (bicyclic) bond motifs is 3. The number of carbonyl (C=O) groups excluding carboxylic acids is 5. The van der Waals surface area contributed by atoms with Crippen molar-refractivity contribution in [1.29, 1.82) is 0 Å². The van der Waals surface area contributed by atoms with Crippen molar-refractivity contribution in [3.05, 3.63) is 119 Å². The number of benzene rings is 3. The first-order chi connectivity index (χ1) is 38.6. The van der Waals surface area contributed by atoms with Gasteiger partial charge in [0, 0.05) is 32.9 Å². The van der Waals surface area contributed by atoms with Crippen molar-refractivity contribution in [3.63, 3.8) is 0 Å². The van der Waals surface area contributed by atoms with Crippen molar-refractivity contribution in [2.75, 3.05) is 14.2 Å². The van der Waals surface area contributed by atoms with Crippen LogP contribution in [0.1, 0.15) is 112 Å². The van der Waals surface area contributed by atoms with Gasteiger partial charge in [0.2, 0.25) is 0 Å². The van der Waals surface area contributed by atoms with E-state index < -0.39 is 133 Å². The minimum absolute atomic E-state index is 0.000346. The number of hydrogen-bond donors (Lipinski definition) is 0. The Kier molecular flexibility index (Phi) is 19.3. The summed E-state index contributed by atoms with van der Waals surface area (Å²) < 4.78 is 88.4. The molecule has 5 aliphatic heterocycles. The first-order valence-electron chi connectivity index (χ1n) is 27.9. The molecule has 0 unspecified atom stereocenters. The number of nitrogens with zero attached hydrogens (tertiary/aromatic N) is 1. The molecule has 17 atom stereocenters. The number of methoxy groups -OCH3 is 1. The number of likely N-dealkylation sites (N-methyl/N-ethyl adjacent to an activating group) is 1. The smallest absolute Gasteiger partial charge is 0.488 e. The summed E-state index contributed by atoms with van der Waals surface area (Å²) in [7, 11) is 3.05. The van der Waals surface area contributed by atoms with Gasteiger partial charge in [0.25, 0.3) is 0 Å². The number of esters is 1. The molecule has 0 spiro atoms. The fourth-order valence-electron chi connectivity index (χ4n) is 12.2. The largest absolute Gasteiger partial charge is 0.509 e. The standard InChI is InChI=1S/C61H79NO19/c1-13-45-61(10)51(78-58(67)81-61)37(4)47-35(2)30-60(9,80-47)50(38(5)48(39(6)53(63)74-45)75-46-31-59(8,68-12)52(40(7)73-46)79-57(66)71-34-43-27-21-16-22-28-43)77-54-49(76-56(65)70-33-42-25-19-15-20-26-42)44(29-36(3)72-54)62(11)55(64)69-32-41-23-17-14-18-24-41/h14-28,36-40,44-46,48-52,54H,13,29-34H2,1-12H3/t36-,37+,38+,39-,40+,44+,45-,46+,48+,49-,50-,51-,52+,54+,59-,60-,61-/m1/s1. The van der Waals surface area contributed by atoms with Crippen LogP contribution >= 0.6 is 0 Å². The van der Waals surface area contributed by atoms with Gasteiger partial charge in [0.05, 0.1) is 36.2 Å². The Morgan fingerprint density at radius 1 is 0.691 bits per heavy atom. The summed E-state index contributed by atoms with van der Waals surface area (Å²) in [5.41, 5.74) is -0.944. The zero-order chi connectivity index (χ0) is 58.4. The second-order valence-corrected chi connectivity index (χ2v) is 22.7. The number of ether oxygens (including phenoxy) is 14. The predicted octanol–water partition coefficient (Wildman–Crippen LogP) is 10.5. The van der Waals surface area contributed by atoms with Gasteiger partial charge in [-0.3, -0.25) is 4.79 Å². The molecule has 442 valence electrons. The zero-order valence-electron chi connectivity index (χ0n) is 48.4. The molecular weight excluding hydrogens is 1050 g/mol. The monoisotopic (exact) mass is 1130 g/mol. The molecule has 1 amide bonds. The van der Waals surface area contributed by atoms with Crippen molar-refractivity contribution >= 4 is 30.5 Å². The molecule has 0 aliphatic carbocycles. The predicted molar refractivity (Wildman–Crippen MR) is 288 cm³/mol. The fraction of sp³-hybridized carbons (Fsp3) is 0.590. The average Bonchev–Trinajstić information content (AvgIpc) is 4.07. The molecule has 81 heavy (non-hydrogen) atoms. The summed E-state index contributed by atoms with van der Waals surface area (Å²) in [6.07, 6.45) is -13.4. The second kappa shape index (κ2) is 25.8. The molecule has 2 bridgehead atoms. The highest BCUT2D eigenvalue weighted by molar-refractivity contribution is 5.73. The minimum Gasteiger partial charge on any atom is -0.488 e. The summed E-state index contributed by atoms with van der Waals surface area (Å²) in [6.45, 7) is 17.8. The molecule has 4 saturated heterocycles. The summed E-state index contributed by atoms with van der Waals surface area (Å²) in [5, 5.41) is 0. The van der Waals surface area contributed by atoms with Gasteiger partial charge in [-0.05, 0) is 83.6 Å². The van der Waals surface area contributed by atoms with E-state index in [0.29, 0.717) is 11.3 Å². The third-order valence-corrected chi connectivity index (χ3v) is 16.5. The van der Waals surface area contributed by atoms with Gasteiger partial charge in [-0.15, -0.1) is 0 Å². The maximum Gasteiger partial charge on any atom is 0.509 e. The summed E-state index contributed by atoms with van der Waals surface area (Å²) in [5.74, 6) is -2.80. The fourth-order valence-corrected chi connectivity index (χ4v) is 12.2. The van der Waals surface area contributed by atoms with Crippen LogP contribution in [0.2, 0.25) is 0 Å². The molecule has 0 aromatic heterocycles. The third kappa shape index (κ3) is 13.7. The van der Waals surface area contributed by atoms with Gasteiger partial charge in [-0.1, -0.05) is 112 Å². The second-order valence-electron chi connectivity index (χ2n) is 22.7. The van der Waals surface area contributed by atoms with Crippen molar-refractivity contribution < 1.29 is 90.3 Å². The molecule has 5 heterocycles. The van der Waals surface area contributed by atoms with Gasteiger partial charge < -0.3 is 71.2 Å². The summed E-state index contributed by atoms with van der Waals surface area (Å²) in [6, 6.07) is 26.6. The highest BCUT2D eigenvalue weighted by Crippen LogP contribution is 2.50. The maximum absolute atomic E-state index is 15.0. The van der Waals surface area contributed by atoms with Crippen LogP contribution in [0.4, 0.5) is 19.2 Å². The Labute approximate surface area is 474 Å². The normalized spacial score (nSPS) is 35.0. The first-order valence-corrected chi connectivity index (χ1v) is 27.9. The maximum atomic E-state index is 15.0. The van der Waals surface area contributed by atoms with Gasteiger partial charge in [0.15, 0.2) is 36.5 Å². The van der Waals surface area contributed by atoms with Gasteiger partial charge in [-0.25, -0.2) is 19.2 Å². The quantitative estimate of drug-likeness (QED) is 0.102. The van der Waals surface area contributed by atoms with Crippen molar-refractivity contribution in [1.82, 2.24) is 4.90 Å². The van der Waals surface area contributed by atoms with Crippen LogP contribution in [0.15, 0.2) is 102 Å². The highest BCUT2D eigenvalue weighted by atomic mass is 16.8. The van der Waals surface area contributed by atoms with Crippen LogP contribution in [-0.4, -0.2) is 134 Å². The number of hydrogen-bond acceptors (Lipinski definition) is 19. The lowest BCUT2D eigenvalue weighted by Gasteiger charge is -2.49. The lowest BCUT2D eigenvalue weighted by Crippen LogP contribution is -2.62. The van der Waals surface area contributed by atoms with E-state index in [1.165, 1.54) is 12.0 Å². The average molecular weight is 1130 g/mol. The number of rotatable bonds is 15. The van der Waals surface area contributed by atoms with Crippen LogP contribution in [0.5, 0.6) is 0 Å². The topological polar surface area (TPSA) is 218 Å². The van der Waals surface area contributed by atoms with Crippen LogP contribution in [0.3, 0.4) is 0 Å². The van der Waals surface area contributed by atoms with Crippen molar-refractivity contribution in [2.45, 2.75) is 199 Å². The van der Waals surface area contributed by atoms with Crippen LogP contribution in [0, 0.1) is 17.8 Å². The van der Waals surface area contributed by atoms with Gasteiger partial charge >= 0.3 is 30.5 Å². The zero-order valence-corrected chi connectivity index (χ0v) is 48.4. The van der Waals surface area contributed by atoms with Crippen LogP contribution in [0.25, 0.3) is 0 Å². The Balaban J connectivity index is 1.16. The van der Waals surface area contributed by atoms with E-state index in [1.54, 1.807) is 46.9 Å². The molecule has 0 N–H and O–H groups in total. The SMILES string of the molecule is CC[C@H]1OC(=O)[C@H](C)[C@@H](O[C@H]2C[C@@](C)(OC)[C@@H](OC(=O)OCc3ccccc3)[C@H](C)O2)[C@H](C)[C@@H](O[C@@H]2O[C@H](C)C[C@H](N(C)C(=O)OCc3ccccc3)[C@H]2OC(=O)OCc2ccccc2)[C@@]2(C)CC(C)=C(O2)[C@H](C)[C@H]2OC(=O)O[C@@]21C. The summed E-state index contributed by atoms with van der Waals surface area (Å²) in [4.78, 5) is 70.9. The van der Waals surface area contributed by atoms with E-state index >= 15 is 4.79 Å². The van der Waals surface area contributed by atoms with Crippen LogP contribution < -0.4 is 0 Å². The number of cyclic esters (lactones) is 1. The molecule has 20 nitrogen and oxygen atoms in total. The molecule has 8 rings (SSSR count). The number of carbonyl (C=O) groups is 5. The Morgan fingerprint density at radius 3 is 1.83 bits per heavy atom. The molecule has 20 heteroatoms. The minimum atomic E-state index is -1.46. The molecule has 5 aliphatic rings. The van der Waals surface area contributed by atoms with E-state index in [2.05, 4.69) is 0 Å². The molecule has 4 fully saturated rings. The Morgan fingerprint density at radius 2 is 1.26 bits per heavy atom. The lowest BCUT2D eigenvalue weighted by atomic mass is 9.78. The van der Waals surface area contributed by atoms with E-state index in [9.17, 15) is 19.2 Å². The van der Waals surface area contributed by atoms with Crippen molar-refractivity contribution in [2.24, 2.45) is 17.8 Å². The third-order valence-electron chi connectivity index (χ3n) is 16.5. The van der Waals surface area contributed by atoms with Gasteiger partial charge in [0.1, 0.15) is 49.0 Å². The van der Waals surface area contributed by atoms with Crippen LogP contribution in [-0.2, 0) is 90.9 Å². The molecule has 0 radical (unpaired) electrons. The van der Waals surface area contributed by atoms with E-state index in [-0.39, 0.29) is 45.5 Å². The van der Waals surface area contributed by atoms with E-state index in [0.717, 1.165) is 16.7 Å². The molecule has 3 aromatic carbocycles. The lowest BCUT2D eigenvalue weighted by molar-refractivity contribution is -0.317.